The Bertz CT molecular complexity index is 575. The number of nitrogens with zero attached hydrogens (tertiary/aromatic N) is 2. The fraction of sp³-hybridized carbons (Fsp3) is 0.529. The molecule has 23 heavy (non-hydrogen) atoms. The summed E-state index contributed by atoms with van der Waals surface area (Å²) >= 11 is 3.68. The molecule has 6 heteroatoms. The van der Waals surface area contributed by atoms with Crippen LogP contribution in [0.5, 0.6) is 0 Å². The summed E-state index contributed by atoms with van der Waals surface area (Å²) < 4.78 is 0. The largest absolute Gasteiger partial charge is 0.325 e. The third-order valence-electron chi connectivity index (χ3n) is 4.23. The zero-order valence-electron chi connectivity index (χ0n) is 13.0. The van der Waals surface area contributed by atoms with Crippen molar-refractivity contribution < 1.29 is 4.79 Å². The summed E-state index contributed by atoms with van der Waals surface area (Å²) in [6.07, 6.45) is 2.80. The molecule has 122 valence electrons. The van der Waals surface area contributed by atoms with Crippen LogP contribution in [0, 0.1) is 11.3 Å². The number of nitriles is 1. The van der Waals surface area contributed by atoms with E-state index in [1.165, 1.54) is 4.90 Å². The molecule has 3 atom stereocenters. The number of carbonyl (C=O) groups is 1. The molecule has 2 aliphatic heterocycles. The van der Waals surface area contributed by atoms with Gasteiger partial charge in [0.25, 0.3) is 0 Å². The lowest BCUT2D eigenvalue weighted by Crippen LogP contribution is -2.47. The van der Waals surface area contributed by atoms with Crippen molar-refractivity contribution >= 4 is 29.4 Å². The molecule has 1 unspecified atom stereocenters. The van der Waals surface area contributed by atoms with Crippen LogP contribution >= 0.6 is 23.5 Å². The van der Waals surface area contributed by atoms with E-state index >= 15 is 0 Å². The summed E-state index contributed by atoms with van der Waals surface area (Å²) in [5.74, 6) is 1.97. The maximum atomic E-state index is 12.6. The van der Waals surface area contributed by atoms with Crippen LogP contribution < -0.4 is 5.32 Å². The van der Waals surface area contributed by atoms with Crippen molar-refractivity contribution in [1.29, 1.82) is 5.26 Å². The predicted octanol–water partition coefficient (Wildman–Crippen LogP) is 2.71. The van der Waals surface area contributed by atoms with E-state index in [1.807, 2.05) is 29.6 Å². The molecular formula is C17H21N3OS2. The number of benzene rings is 1. The third-order valence-corrected chi connectivity index (χ3v) is 6.57. The molecule has 1 N–H and O–H groups in total. The van der Waals surface area contributed by atoms with Gasteiger partial charge in [0.15, 0.2) is 0 Å². The highest BCUT2D eigenvalue weighted by atomic mass is 32.2. The maximum absolute atomic E-state index is 12.6. The minimum absolute atomic E-state index is 0.111. The molecule has 2 fully saturated rings. The zero-order chi connectivity index (χ0) is 16.1. The average Bonchev–Trinajstić information content (AvgIpc) is 3.24. The van der Waals surface area contributed by atoms with E-state index < -0.39 is 0 Å². The molecule has 3 rings (SSSR count). The van der Waals surface area contributed by atoms with Crippen molar-refractivity contribution in [3.8, 4) is 6.07 Å². The first-order valence-corrected chi connectivity index (χ1v) is 10.1. The summed E-state index contributed by atoms with van der Waals surface area (Å²) in [6, 6.07) is 12.3. The Labute approximate surface area is 146 Å². The van der Waals surface area contributed by atoms with Crippen LogP contribution in [0.4, 0.5) is 0 Å². The SMILES string of the molecule is N#C[C@@H]1CCCN1C(=O)[C@@H]1CSC(CCSc2ccccc2)N1. The first-order chi connectivity index (χ1) is 11.3. The van der Waals surface area contributed by atoms with Crippen LogP contribution in [0.25, 0.3) is 0 Å². The van der Waals surface area contributed by atoms with Gasteiger partial charge < -0.3 is 4.90 Å². The molecule has 1 amide bonds. The zero-order valence-corrected chi connectivity index (χ0v) is 14.6. The molecule has 0 aromatic heterocycles. The van der Waals surface area contributed by atoms with E-state index in [0.717, 1.165) is 37.3 Å². The van der Waals surface area contributed by atoms with E-state index in [0.29, 0.717) is 5.37 Å². The summed E-state index contributed by atoms with van der Waals surface area (Å²) in [6.45, 7) is 0.731. The molecule has 1 aromatic carbocycles. The number of thioether (sulfide) groups is 2. The number of likely N-dealkylation sites (tertiary alicyclic amines) is 1. The minimum Gasteiger partial charge on any atom is -0.325 e. The summed E-state index contributed by atoms with van der Waals surface area (Å²) in [7, 11) is 0. The Morgan fingerprint density at radius 3 is 3.04 bits per heavy atom. The van der Waals surface area contributed by atoms with Gasteiger partial charge in [0.1, 0.15) is 6.04 Å². The Balaban J connectivity index is 1.43. The van der Waals surface area contributed by atoms with Gasteiger partial charge in [-0.15, -0.1) is 23.5 Å². The van der Waals surface area contributed by atoms with Crippen molar-refractivity contribution in [1.82, 2.24) is 10.2 Å². The first kappa shape index (κ1) is 16.7. The number of hydrogen-bond acceptors (Lipinski definition) is 5. The van der Waals surface area contributed by atoms with Crippen molar-refractivity contribution in [2.75, 3.05) is 18.1 Å². The second-order valence-corrected chi connectivity index (χ2v) is 8.21. The number of rotatable bonds is 5. The number of hydrogen-bond donors (Lipinski definition) is 1. The number of carbonyl (C=O) groups excluding carboxylic acids is 1. The number of amides is 1. The highest BCUT2D eigenvalue weighted by molar-refractivity contribution is 8.00. The first-order valence-electron chi connectivity index (χ1n) is 8.03. The van der Waals surface area contributed by atoms with Crippen LogP contribution in [0.1, 0.15) is 19.3 Å². The van der Waals surface area contributed by atoms with Crippen molar-refractivity contribution in [3.05, 3.63) is 30.3 Å². The lowest BCUT2D eigenvalue weighted by Gasteiger charge is -2.23. The summed E-state index contributed by atoms with van der Waals surface area (Å²) in [4.78, 5) is 15.6. The fourth-order valence-corrected chi connectivity index (χ4v) is 5.30. The fourth-order valence-electron chi connectivity index (χ4n) is 3.01. The standard InChI is InChI=1S/C17H21N3OS2/c18-11-13-5-4-9-20(13)17(21)15-12-23-16(19-15)8-10-22-14-6-2-1-3-7-14/h1-3,6-7,13,15-16,19H,4-5,8-10,12H2/t13-,15-,16?/m0/s1. The Hall–Kier alpha value is -1.16. The minimum atomic E-state index is -0.220. The molecule has 0 bridgehead atoms. The highest BCUT2D eigenvalue weighted by Crippen LogP contribution is 2.27. The topological polar surface area (TPSA) is 56.1 Å². The quantitative estimate of drug-likeness (QED) is 0.830. The molecule has 0 saturated carbocycles. The average molecular weight is 348 g/mol. The van der Waals surface area contributed by atoms with Gasteiger partial charge >= 0.3 is 0 Å². The van der Waals surface area contributed by atoms with Crippen molar-refractivity contribution in [3.63, 3.8) is 0 Å². The number of nitrogens with one attached hydrogen (secondary N) is 1. The Kier molecular flexibility index (Phi) is 5.87. The van der Waals surface area contributed by atoms with Crippen LogP contribution in [-0.4, -0.2) is 46.3 Å². The third kappa shape index (κ3) is 4.23. The lowest BCUT2D eigenvalue weighted by atomic mass is 10.2. The molecule has 2 aliphatic rings. The molecule has 0 radical (unpaired) electrons. The molecule has 2 saturated heterocycles. The molecule has 2 heterocycles. The Morgan fingerprint density at radius 1 is 1.43 bits per heavy atom. The van der Waals surface area contributed by atoms with Gasteiger partial charge in [0.2, 0.25) is 5.91 Å². The van der Waals surface area contributed by atoms with E-state index in [2.05, 4.69) is 35.7 Å². The van der Waals surface area contributed by atoms with Crippen LogP contribution in [0.15, 0.2) is 35.2 Å². The van der Waals surface area contributed by atoms with Gasteiger partial charge in [0, 0.05) is 22.9 Å². The van der Waals surface area contributed by atoms with E-state index in [-0.39, 0.29) is 18.0 Å². The van der Waals surface area contributed by atoms with Gasteiger partial charge in [-0.05, 0) is 31.4 Å². The monoisotopic (exact) mass is 347 g/mol. The van der Waals surface area contributed by atoms with Crippen LogP contribution in [0.3, 0.4) is 0 Å². The van der Waals surface area contributed by atoms with E-state index in [1.54, 1.807) is 4.90 Å². The molecule has 0 spiro atoms. The second kappa shape index (κ2) is 8.09. The van der Waals surface area contributed by atoms with Gasteiger partial charge in [-0.1, -0.05) is 18.2 Å². The Morgan fingerprint density at radius 2 is 2.26 bits per heavy atom. The van der Waals surface area contributed by atoms with Crippen molar-refractivity contribution in [2.45, 2.75) is 41.6 Å². The van der Waals surface area contributed by atoms with Crippen LogP contribution in [-0.2, 0) is 4.79 Å². The molecule has 1 aromatic rings. The predicted molar refractivity (Wildman–Crippen MR) is 95.3 cm³/mol. The summed E-state index contributed by atoms with van der Waals surface area (Å²) in [5, 5.41) is 12.9. The molecule has 4 nitrogen and oxygen atoms in total. The van der Waals surface area contributed by atoms with Gasteiger partial charge in [-0.3, -0.25) is 10.1 Å². The second-order valence-electron chi connectivity index (χ2n) is 5.81. The van der Waals surface area contributed by atoms with Crippen LogP contribution in [0.2, 0.25) is 0 Å². The maximum Gasteiger partial charge on any atom is 0.241 e. The van der Waals surface area contributed by atoms with Gasteiger partial charge in [-0.2, -0.15) is 5.26 Å². The highest BCUT2D eigenvalue weighted by Gasteiger charge is 2.36. The normalized spacial score (nSPS) is 27.1. The van der Waals surface area contributed by atoms with Crippen molar-refractivity contribution in [2.24, 2.45) is 0 Å². The van der Waals surface area contributed by atoms with E-state index in [9.17, 15) is 4.79 Å². The smallest absolute Gasteiger partial charge is 0.241 e. The summed E-state index contributed by atoms with van der Waals surface area (Å²) in [5.41, 5.74) is 0. The molecule has 0 aliphatic carbocycles. The lowest BCUT2D eigenvalue weighted by molar-refractivity contribution is -0.132. The van der Waals surface area contributed by atoms with Gasteiger partial charge in [0.05, 0.1) is 17.5 Å². The molecular weight excluding hydrogens is 326 g/mol. The van der Waals surface area contributed by atoms with Gasteiger partial charge in [-0.25, -0.2) is 0 Å². The van der Waals surface area contributed by atoms with E-state index in [4.69, 9.17) is 5.26 Å².